The quantitative estimate of drug-likeness (QED) is 0.725. The Morgan fingerprint density at radius 3 is 2.42 bits per heavy atom. The van der Waals surface area contributed by atoms with E-state index in [9.17, 15) is 15.0 Å². The van der Waals surface area contributed by atoms with Gasteiger partial charge in [-0.1, -0.05) is 0 Å². The van der Waals surface area contributed by atoms with Gasteiger partial charge >= 0.3 is 0 Å². The van der Waals surface area contributed by atoms with Crippen LogP contribution in [0.25, 0.3) is 0 Å². The van der Waals surface area contributed by atoms with Crippen LogP contribution in [0.1, 0.15) is 16.8 Å². The third kappa shape index (κ3) is 5.28. The lowest BCUT2D eigenvalue weighted by molar-refractivity contribution is 0.0942. The molecule has 5 nitrogen and oxygen atoms in total. The minimum absolute atomic E-state index is 0.0478. The first-order valence-electron chi connectivity index (χ1n) is 6.28. The molecule has 0 aliphatic carbocycles. The Bertz CT molecular complexity index is 433. The highest BCUT2D eigenvalue weighted by Crippen LogP contribution is 2.22. The largest absolute Gasteiger partial charge is 0.508 e. The van der Waals surface area contributed by atoms with Crippen molar-refractivity contribution in [3.05, 3.63) is 23.8 Å². The first-order valence-corrected chi connectivity index (χ1v) is 6.28. The van der Waals surface area contributed by atoms with E-state index < -0.39 is 0 Å². The van der Waals surface area contributed by atoms with Gasteiger partial charge in [0.1, 0.15) is 11.5 Å². The summed E-state index contributed by atoms with van der Waals surface area (Å²) in [5.41, 5.74) is 0.247. The van der Waals surface area contributed by atoms with Gasteiger partial charge in [0.15, 0.2) is 5.78 Å². The summed E-state index contributed by atoms with van der Waals surface area (Å²) >= 11 is 0. The Morgan fingerprint density at radius 2 is 1.84 bits per heavy atom. The number of phenols is 2. The van der Waals surface area contributed by atoms with E-state index in [1.165, 1.54) is 18.2 Å². The Balaban J connectivity index is 2.50. The number of ketones is 1. The van der Waals surface area contributed by atoms with Crippen molar-refractivity contribution in [3.8, 4) is 11.5 Å². The van der Waals surface area contributed by atoms with Crippen LogP contribution in [0, 0.1) is 0 Å². The fourth-order valence-corrected chi connectivity index (χ4v) is 1.82. The smallest absolute Gasteiger partial charge is 0.180 e. The minimum Gasteiger partial charge on any atom is -0.508 e. The average molecular weight is 266 g/mol. The molecule has 0 heterocycles. The van der Waals surface area contributed by atoms with Crippen LogP contribution in [0.4, 0.5) is 0 Å². The predicted octanol–water partition coefficient (Wildman–Crippen LogP) is 1.16. The van der Waals surface area contributed by atoms with Gasteiger partial charge in [-0.05, 0) is 52.8 Å². The third-order valence-corrected chi connectivity index (χ3v) is 2.84. The average Bonchev–Trinajstić information content (AvgIpc) is 2.27. The van der Waals surface area contributed by atoms with Gasteiger partial charge in [-0.3, -0.25) is 9.69 Å². The molecule has 0 amide bonds. The summed E-state index contributed by atoms with van der Waals surface area (Å²) < 4.78 is 0. The molecule has 2 N–H and O–H groups in total. The van der Waals surface area contributed by atoms with E-state index in [0.29, 0.717) is 0 Å². The number of hydrogen-bond acceptors (Lipinski definition) is 5. The highest BCUT2D eigenvalue weighted by Gasteiger charge is 2.13. The summed E-state index contributed by atoms with van der Waals surface area (Å²) in [4.78, 5) is 16.0. The molecular weight excluding hydrogens is 244 g/mol. The molecular formula is C14H22N2O3. The van der Waals surface area contributed by atoms with Crippen LogP contribution in [0.5, 0.6) is 11.5 Å². The van der Waals surface area contributed by atoms with Gasteiger partial charge in [-0.25, -0.2) is 0 Å². The molecule has 5 heteroatoms. The van der Waals surface area contributed by atoms with E-state index >= 15 is 0 Å². The number of hydrogen-bond donors (Lipinski definition) is 2. The first kappa shape index (κ1) is 15.5. The van der Waals surface area contributed by atoms with Gasteiger partial charge in [-0.15, -0.1) is 0 Å². The fraction of sp³-hybridized carbons (Fsp3) is 0.500. The summed E-state index contributed by atoms with van der Waals surface area (Å²) in [6.45, 7) is 2.05. The van der Waals surface area contributed by atoms with Crippen molar-refractivity contribution in [2.75, 3.05) is 40.8 Å². The number of benzene rings is 1. The third-order valence-electron chi connectivity index (χ3n) is 2.84. The van der Waals surface area contributed by atoms with E-state index in [1.807, 2.05) is 26.0 Å². The molecule has 0 aliphatic heterocycles. The zero-order chi connectivity index (χ0) is 14.4. The molecule has 106 valence electrons. The Labute approximate surface area is 114 Å². The summed E-state index contributed by atoms with van der Waals surface area (Å²) in [5.74, 6) is -0.370. The molecule has 0 fully saturated rings. The Morgan fingerprint density at radius 1 is 1.16 bits per heavy atom. The van der Waals surface area contributed by atoms with Gasteiger partial charge in [0.05, 0.1) is 12.1 Å². The van der Waals surface area contributed by atoms with Crippen molar-refractivity contribution in [1.82, 2.24) is 9.80 Å². The maximum absolute atomic E-state index is 12.0. The highest BCUT2D eigenvalue weighted by atomic mass is 16.3. The van der Waals surface area contributed by atoms with E-state index in [-0.39, 0.29) is 29.4 Å². The maximum atomic E-state index is 12.0. The lowest BCUT2D eigenvalue weighted by Gasteiger charge is -2.17. The molecule has 19 heavy (non-hydrogen) atoms. The predicted molar refractivity (Wildman–Crippen MR) is 74.8 cm³/mol. The van der Waals surface area contributed by atoms with E-state index in [1.54, 1.807) is 0 Å². The van der Waals surface area contributed by atoms with Gasteiger partial charge in [-0.2, -0.15) is 0 Å². The molecule has 0 saturated heterocycles. The standard InChI is InChI=1S/C14H22N2O3/c1-15(2)7-4-8-16(3)10-14(19)12-6-5-11(17)9-13(12)18/h5-6,9,17-18H,4,7-8,10H2,1-3H3. The number of likely N-dealkylation sites (N-methyl/N-ethyl adjacent to an activating group) is 1. The van der Waals surface area contributed by atoms with Crippen LogP contribution < -0.4 is 0 Å². The minimum atomic E-state index is -0.174. The normalized spacial score (nSPS) is 11.2. The number of carbonyl (C=O) groups is 1. The molecule has 0 aromatic heterocycles. The summed E-state index contributed by atoms with van der Waals surface area (Å²) in [6.07, 6.45) is 0.984. The van der Waals surface area contributed by atoms with Crippen molar-refractivity contribution >= 4 is 5.78 Å². The maximum Gasteiger partial charge on any atom is 0.180 e. The molecule has 1 aromatic rings. The molecule has 0 unspecified atom stereocenters. The van der Waals surface area contributed by atoms with Crippen molar-refractivity contribution in [2.24, 2.45) is 0 Å². The number of Topliss-reactive ketones (excluding diaryl/α,β-unsaturated/α-hetero) is 1. The molecule has 0 atom stereocenters. The lowest BCUT2D eigenvalue weighted by atomic mass is 10.1. The molecule has 0 aliphatic rings. The fourth-order valence-electron chi connectivity index (χ4n) is 1.82. The van der Waals surface area contributed by atoms with E-state index in [2.05, 4.69) is 4.90 Å². The van der Waals surface area contributed by atoms with E-state index in [0.717, 1.165) is 19.5 Å². The second-order valence-corrected chi connectivity index (χ2v) is 5.02. The van der Waals surface area contributed by atoms with E-state index in [4.69, 9.17) is 0 Å². The van der Waals surface area contributed by atoms with Crippen LogP contribution in [0.15, 0.2) is 18.2 Å². The molecule has 0 bridgehead atoms. The van der Waals surface area contributed by atoms with Crippen molar-refractivity contribution in [3.63, 3.8) is 0 Å². The zero-order valence-corrected chi connectivity index (χ0v) is 11.8. The van der Waals surface area contributed by atoms with Crippen molar-refractivity contribution in [2.45, 2.75) is 6.42 Å². The van der Waals surface area contributed by atoms with Crippen molar-refractivity contribution < 1.29 is 15.0 Å². The van der Waals surface area contributed by atoms with Crippen LogP contribution in [-0.4, -0.2) is 66.6 Å². The summed E-state index contributed by atoms with van der Waals surface area (Å²) in [6, 6.07) is 4.03. The highest BCUT2D eigenvalue weighted by molar-refractivity contribution is 6.00. The zero-order valence-electron chi connectivity index (χ0n) is 11.8. The molecule has 0 spiro atoms. The number of phenolic OH excluding ortho intramolecular Hbond substituents is 2. The number of rotatable bonds is 7. The van der Waals surface area contributed by atoms with Gasteiger partial charge < -0.3 is 15.1 Å². The SMILES string of the molecule is CN(C)CCCN(C)CC(=O)c1ccc(O)cc1O. The molecule has 0 radical (unpaired) electrons. The van der Waals surface area contributed by atoms with Crippen LogP contribution in [-0.2, 0) is 0 Å². The van der Waals surface area contributed by atoms with Crippen LogP contribution in [0.2, 0.25) is 0 Å². The van der Waals surface area contributed by atoms with Crippen LogP contribution in [0.3, 0.4) is 0 Å². The Hall–Kier alpha value is -1.59. The first-order chi connectivity index (χ1) is 8.90. The Kier molecular flexibility index (Phi) is 5.79. The monoisotopic (exact) mass is 266 g/mol. The van der Waals surface area contributed by atoms with Crippen molar-refractivity contribution in [1.29, 1.82) is 0 Å². The molecule has 0 saturated carbocycles. The number of carbonyl (C=O) groups excluding carboxylic acids is 1. The van der Waals surface area contributed by atoms with Gasteiger partial charge in [0.2, 0.25) is 0 Å². The molecule has 1 rings (SSSR count). The topological polar surface area (TPSA) is 64.0 Å². The molecule has 1 aromatic carbocycles. The van der Waals surface area contributed by atoms with Gasteiger partial charge in [0.25, 0.3) is 0 Å². The van der Waals surface area contributed by atoms with Crippen LogP contribution >= 0.6 is 0 Å². The number of aromatic hydroxyl groups is 2. The summed E-state index contributed by atoms with van der Waals surface area (Å²) in [5, 5.41) is 18.8. The second kappa shape index (κ2) is 7.11. The summed E-state index contributed by atoms with van der Waals surface area (Å²) in [7, 11) is 5.91. The lowest BCUT2D eigenvalue weighted by Crippen LogP contribution is -2.29. The van der Waals surface area contributed by atoms with Gasteiger partial charge in [0, 0.05) is 6.07 Å². The number of nitrogens with zero attached hydrogens (tertiary/aromatic N) is 2. The second-order valence-electron chi connectivity index (χ2n) is 5.02.